The van der Waals surface area contributed by atoms with Gasteiger partial charge in [0.25, 0.3) is 0 Å². The number of amides is 1. The van der Waals surface area contributed by atoms with Crippen LogP contribution >= 0.6 is 0 Å². The first kappa shape index (κ1) is 8.76. The van der Waals surface area contributed by atoms with E-state index in [9.17, 15) is 9.59 Å². The van der Waals surface area contributed by atoms with Gasteiger partial charge in [-0.2, -0.15) is 0 Å². The van der Waals surface area contributed by atoms with Crippen molar-refractivity contribution in [1.82, 2.24) is 3.11 Å². The van der Waals surface area contributed by atoms with Gasteiger partial charge in [-0.05, 0) is 0 Å². The Morgan fingerprint density at radius 3 is 2.64 bits per heavy atom. The predicted molar refractivity (Wildman–Crippen MR) is 33.4 cm³/mol. The van der Waals surface area contributed by atoms with Gasteiger partial charge in [-0.15, -0.1) is 0 Å². The van der Waals surface area contributed by atoms with Gasteiger partial charge in [0.1, 0.15) is 0 Å². The maximum atomic E-state index is 10.9. The normalized spacial score (nSPS) is 24.5. The maximum absolute atomic E-state index is 10.9. The number of alkyl halides is 1. The minimum atomic E-state index is -0.864. The fraction of sp³-hybridized carbons (Fsp3) is 0.667. The molecule has 1 heterocycles. The van der Waals surface area contributed by atoms with Crippen LogP contribution < -0.4 is 21.5 Å². The van der Waals surface area contributed by atoms with Crippen LogP contribution in [-0.4, -0.2) is 30.6 Å². The molecule has 1 aliphatic heterocycles. The summed E-state index contributed by atoms with van der Waals surface area (Å²) in [6.45, 7) is 1.43. The average molecular weight is 270 g/mol. The number of rotatable bonds is 1. The van der Waals surface area contributed by atoms with Crippen LogP contribution in [0, 0.1) is 0 Å². The second-order valence-corrected chi connectivity index (χ2v) is 5.08. The Balaban J connectivity index is 2.65. The molecule has 0 aromatic carbocycles. The van der Waals surface area contributed by atoms with E-state index in [2.05, 4.69) is 0 Å². The molecule has 11 heavy (non-hydrogen) atoms. The van der Waals surface area contributed by atoms with Gasteiger partial charge in [0.15, 0.2) is 0 Å². The summed E-state index contributed by atoms with van der Waals surface area (Å²) in [6.07, 6.45) is 0.641. The van der Waals surface area contributed by atoms with Crippen LogP contribution in [0.1, 0.15) is 13.3 Å². The van der Waals surface area contributed by atoms with E-state index in [0.717, 1.165) is 4.43 Å². The topological polar surface area (TPSA) is 57.6 Å². The molecule has 4 nitrogen and oxygen atoms in total. The Kier molecular flexibility index (Phi) is 2.69. The minimum absolute atomic E-state index is 0.0947. The number of hydrogen-bond donors (Lipinski definition) is 1. The zero-order valence-corrected chi connectivity index (χ0v) is 8.24. The summed E-state index contributed by atoms with van der Waals surface area (Å²) in [5.74, 6) is -0.958. The summed E-state index contributed by atoms with van der Waals surface area (Å²) in [4.78, 5) is 21.4. The number of carbonyl (C=O) groups is 2. The third kappa shape index (κ3) is 1.82. The Labute approximate surface area is 75.2 Å². The second-order valence-electron chi connectivity index (χ2n) is 2.28. The number of carbonyl (C=O) groups excluding carboxylic acids is 1. The van der Waals surface area contributed by atoms with Crippen LogP contribution in [0.5, 0.6) is 0 Å². The SMILES string of the molecule is CC(=O)N1[I-]CCC1C(=O)O. The van der Waals surface area contributed by atoms with Crippen LogP contribution in [-0.2, 0) is 9.59 Å². The monoisotopic (exact) mass is 270 g/mol. The number of hydrogen-bond acceptors (Lipinski definition) is 2. The van der Waals surface area contributed by atoms with E-state index in [1.165, 1.54) is 10.0 Å². The Hall–Kier alpha value is -0.330. The van der Waals surface area contributed by atoms with Crippen LogP contribution in [0.25, 0.3) is 0 Å². The number of nitrogens with zero attached hydrogens (tertiary/aromatic N) is 1. The van der Waals surface area contributed by atoms with Crippen molar-refractivity contribution in [2.24, 2.45) is 0 Å². The van der Waals surface area contributed by atoms with E-state index < -0.39 is 12.0 Å². The van der Waals surface area contributed by atoms with Crippen molar-refractivity contribution in [2.75, 3.05) is 4.43 Å². The molecule has 0 aromatic heterocycles. The van der Waals surface area contributed by atoms with Gasteiger partial charge < -0.3 is 0 Å². The first-order chi connectivity index (χ1) is 5.13. The molecule has 0 aromatic rings. The standard InChI is InChI=1S/C6H9INO3/c1-4(9)8-5(6(10)11)2-3-7-8/h5H,2-3H2,1H3,(H,10,11)/q-1. The van der Waals surface area contributed by atoms with Crippen molar-refractivity contribution in [1.29, 1.82) is 0 Å². The zero-order valence-electron chi connectivity index (χ0n) is 6.08. The van der Waals surface area contributed by atoms with E-state index in [4.69, 9.17) is 5.11 Å². The van der Waals surface area contributed by atoms with E-state index in [1.54, 1.807) is 0 Å². The summed E-state index contributed by atoms with van der Waals surface area (Å²) >= 11 is -0.335. The molecule has 1 atom stereocenters. The van der Waals surface area contributed by atoms with Crippen molar-refractivity contribution in [3.63, 3.8) is 0 Å². The summed E-state index contributed by atoms with van der Waals surface area (Å²) in [7, 11) is 0. The Morgan fingerprint density at radius 2 is 2.27 bits per heavy atom. The summed E-state index contributed by atoms with van der Waals surface area (Å²) in [6, 6.07) is -0.528. The fourth-order valence-corrected chi connectivity index (χ4v) is 3.82. The fourth-order valence-electron chi connectivity index (χ4n) is 0.964. The Bertz CT molecular complexity index is 174. The predicted octanol–water partition coefficient (Wildman–Crippen LogP) is -3.30. The molecule has 0 bridgehead atoms. The van der Waals surface area contributed by atoms with E-state index in [0.29, 0.717) is 6.42 Å². The molecule has 1 unspecified atom stereocenters. The van der Waals surface area contributed by atoms with Gasteiger partial charge in [-0.1, -0.05) is 0 Å². The van der Waals surface area contributed by atoms with E-state index in [-0.39, 0.29) is 27.4 Å². The van der Waals surface area contributed by atoms with Crippen molar-refractivity contribution in [3.8, 4) is 0 Å². The van der Waals surface area contributed by atoms with Crippen LogP contribution in [0.4, 0.5) is 0 Å². The first-order valence-electron chi connectivity index (χ1n) is 3.25. The van der Waals surface area contributed by atoms with Gasteiger partial charge in [-0.3, -0.25) is 0 Å². The molecule has 0 saturated carbocycles. The van der Waals surface area contributed by atoms with Gasteiger partial charge in [0.05, 0.1) is 0 Å². The molecule has 1 rings (SSSR count). The molecule has 1 saturated heterocycles. The van der Waals surface area contributed by atoms with Crippen LogP contribution in [0.2, 0.25) is 0 Å². The van der Waals surface area contributed by atoms with Gasteiger partial charge in [0, 0.05) is 0 Å². The molecule has 0 radical (unpaired) electrons. The summed E-state index contributed by atoms with van der Waals surface area (Å²) < 4.78 is 2.43. The summed E-state index contributed by atoms with van der Waals surface area (Å²) in [5, 5.41) is 8.66. The molecular weight excluding hydrogens is 261 g/mol. The van der Waals surface area contributed by atoms with E-state index >= 15 is 0 Å². The molecular formula is C6H9INO3-. The van der Waals surface area contributed by atoms with Crippen molar-refractivity contribution in [2.45, 2.75) is 19.4 Å². The van der Waals surface area contributed by atoms with Crippen molar-refractivity contribution in [3.05, 3.63) is 0 Å². The third-order valence-electron chi connectivity index (χ3n) is 1.46. The molecule has 0 aliphatic carbocycles. The molecule has 1 amide bonds. The van der Waals surface area contributed by atoms with Crippen molar-refractivity contribution >= 4 is 11.9 Å². The second kappa shape index (κ2) is 3.38. The molecule has 1 fully saturated rings. The number of carboxylic acid groups (broad SMARTS) is 1. The number of aliphatic carboxylic acids is 1. The third-order valence-corrected chi connectivity index (χ3v) is 4.65. The van der Waals surface area contributed by atoms with E-state index in [1.807, 2.05) is 0 Å². The van der Waals surface area contributed by atoms with Crippen LogP contribution in [0.3, 0.4) is 0 Å². The molecule has 1 aliphatic rings. The first-order valence-corrected chi connectivity index (χ1v) is 5.74. The van der Waals surface area contributed by atoms with Crippen molar-refractivity contribution < 1.29 is 36.2 Å². The molecule has 5 heteroatoms. The molecule has 0 spiro atoms. The number of halogens is 1. The van der Waals surface area contributed by atoms with Gasteiger partial charge in [-0.25, -0.2) is 0 Å². The van der Waals surface area contributed by atoms with Crippen LogP contribution in [0.15, 0.2) is 0 Å². The average Bonchev–Trinajstić information content (AvgIpc) is 2.32. The zero-order chi connectivity index (χ0) is 8.43. The van der Waals surface area contributed by atoms with Gasteiger partial charge in [0.2, 0.25) is 0 Å². The summed E-state index contributed by atoms with van der Waals surface area (Å²) in [5.41, 5.74) is 0. The molecule has 1 N–H and O–H groups in total. The van der Waals surface area contributed by atoms with Gasteiger partial charge >= 0.3 is 75.0 Å². The Morgan fingerprint density at radius 1 is 1.64 bits per heavy atom. The molecule has 64 valence electrons. The number of carboxylic acids is 1. The quantitative estimate of drug-likeness (QED) is 0.308.